The first-order valence-corrected chi connectivity index (χ1v) is 5.24. The lowest BCUT2D eigenvalue weighted by Gasteiger charge is -2.17. The summed E-state index contributed by atoms with van der Waals surface area (Å²) in [7, 11) is 0. The van der Waals surface area contributed by atoms with Crippen molar-refractivity contribution in [3.63, 3.8) is 0 Å². The van der Waals surface area contributed by atoms with E-state index in [1.54, 1.807) is 32.0 Å². The highest BCUT2D eigenvalue weighted by atomic mass is 16.3. The highest BCUT2D eigenvalue weighted by molar-refractivity contribution is 5.93. The summed E-state index contributed by atoms with van der Waals surface area (Å²) < 4.78 is 0. The van der Waals surface area contributed by atoms with E-state index in [4.69, 9.17) is 5.73 Å². The molecule has 0 atom stereocenters. The number of amides is 1. The largest absolute Gasteiger partial charge is 0.390 e. The Morgan fingerprint density at radius 2 is 2.19 bits per heavy atom. The smallest absolute Gasteiger partial charge is 0.248 e. The molecule has 0 bridgehead atoms. The fourth-order valence-corrected chi connectivity index (χ4v) is 1.30. The van der Waals surface area contributed by atoms with Crippen LogP contribution in [0, 0.1) is 0 Å². The van der Waals surface area contributed by atoms with Gasteiger partial charge in [0.1, 0.15) is 0 Å². The van der Waals surface area contributed by atoms with E-state index in [0.717, 1.165) is 5.69 Å². The zero-order chi connectivity index (χ0) is 12.2. The van der Waals surface area contributed by atoms with Crippen LogP contribution in [0.2, 0.25) is 0 Å². The zero-order valence-corrected chi connectivity index (χ0v) is 9.66. The Labute approximate surface area is 95.5 Å². The van der Waals surface area contributed by atoms with Gasteiger partial charge in [-0.1, -0.05) is 6.07 Å². The Kier molecular flexibility index (Phi) is 3.90. The molecule has 1 amide bonds. The van der Waals surface area contributed by atoms with Crippen LogP contribution >= 0.6 is 0 Å². The number of benzene rings is 1. The first-order valence-electron chi connectivity index (χ1n) is 5.24. The van der Waals surface area contributed by atoms with Crippen molar-refractivity contribution in [3.8, 4) is 0 Å². The molecule has 0 saturated carbocycles. The third-order valence-electron chi connectivity index (χ3n) is 2.21. The van der Waals surface area contributed by atoms with Gasteiger partial charge in [-0.25, -0.2) is 0 Å². The second-order valence-corrected chi connectivity index (χ2v) is 4.43. The molecule has 0 aromatic heterocycles. The second kappa shape index (κ2) is 4.99. The molecule has 4 heteroatoms. The number of carbonyl (C=O) groups is 1. The van der Waals surface area contributed by atoms with Gasteiger partial charge >= 0.3 is 0 Å². The van der Waals surface area contributed by atoms with Crippen LogP contribution in [0.4, 0.5) is 5.69 Å². The Morgan fingerprint density at radius 3 is 2.75 bits per heavy atom. The first-order chi connectivity index (χ1) is 7.38. The van der Waals surface area contributed by atoms with Gasteiger partial charge in [0.05, 0.1) is 5.60 Å². The van der Waals surface area contributed by atoms with Crippen LogP contribution in [0.15, 0.2) is 24.3 Å². The van der Waals surface area contributed by atoms with Crippen LogP contribution in [0.1, 0.15) is 30.6 Å². The minimum atomic E-state index is -0.686. The fraction of sp³-hybridized carbons (Fsp3) is 0.417. The predicted octanol–water partition coefficient (Wildman–Crippen LogP) is 1.36. The van der Waals surface area contributed by atoms with Gasteiger partial charge in [-0.3, -0.25) is 4.79 Å². The summed E-state index contributed by atoms with van der Waals surface area (Å²) >= 11 is 0. The van der Waals surface area contributed by atoms with E-state index in [1.807, 2.05) is 6.07 Å². The molecule has 0 radical (unpaired) electrons. The molecule has 0 unspecified atom stereocenters. The molecule has 0 aliphatic carbocycles. The molecule has 1 aromatic carbocycles. The Balaban J connectivity index is 2.55. The molecule has 0 spiro atoms. The van der Waals surface area contributed by atoms with E-state index in [-0.39, 0.29) is 0 Å². The monoisotopic (exact) mass is 222 g/mol. The van der Waals surface area contributed by atoms with Crippen LogP contribution in [-0.4, -0.2) is 23.2 Å². The Bertz CT molecular complexity index is 370. The van der Waals surface area contributed by atoms with Crippen molar-refractivity contribution in [2.24, 2.45) is 5.73 Å². The molecular weight excluding hydrogens is 204 g/mol. The average molecular weight is 222 g/mol. The van der Waals surface area contributed by atoms with Crippen LogP contribution < -0.4 is 11.1 Å². The van der Waals surface area contributed by atoms with Crippen molar-refractivity contribution in [2.75, 3.05) is 11.9 Å². The molecular formula is C12H18N2O2. The first kappa shape index (κ1) is 12.5. The van der Waals surface area contributed by atoms with Crippen molar-refractivity contribution in [1.29, 1.82) is 0 Å². The third-order valence-corrected chi connectivity index (χ3v) is 2.21. The van der Waals surface area contributed by atoms with Crippen molar-refractivity contribution < 1.29 is 9.90 Å². The van der Waals surface area contributed by atoms with Gasteiger partial charge in [0.2, 0.25) is 5.91 Å². The summed E-state index contributed by atoms with van der Waals surface area (Å²) in [5.41, 5.74) is 5.80. The number of nitrogens with two attached hydrogens (primary N) is 1. The van der Waals surface area contributed by atoms with E-state index in [0.29, 0.717) is 18.5 Å². The molecule has 1 rings (SSSR count). The van der Waals surface area contributed by atoms with Gasteiger partial charge in [0, 0.05) is 17.8 Å². The maximum absolute atomic E-state index is 10.9. The lowest BCUT2D eigenvalue weighted by atomic mass is 10.1. The minimum Gasteiger partial charge on any atom is -0.390 e. The molecule has 0 heterocycles. The van der Waals surface area contributed by atoms with Gasteiger partial charge in [0.15, 0.2) is 0 Å². The lowest BCUT2D eigenvalue weighted by Crippen LogP contribution is -2.22. The SMILES string of the molecule is CC(C)(O)CCNc1cccc(C(N)=O)c1. The summed E-state index contributed by atoms with van der Waals surface area (Å²) in [5.74, 6) is -0.439. The van der Waals surface area contributed by atoms with Crippen LogP contribution in [0.25, 0.3) is 0 Å². The van der Waals surface area contributed by atoms with Gasteiger partial charge in [0.25, 0.3) is 0 Å². The number of rotatable bonds is 5. The minimum absolute atomic E-state index is 0.439. The maximum atomic E-state index is 10.9. The van der Waals surface area contributed by atoms with Crippen molar-refractivity contribution in [3.05, 3.63) is 29.8 Å². The third kappa shape index (κ3) is 4.31. The quantitative estimate of drug-likeness (QED) is 0.704. The highest BCUT2D eigenvalue weighted by Gasteiger charge is 2.11. The lowest BCUT2D eigenvalue weighted by molar-refractivity contribution is 0.0748. The number of nitrogens with one attached hydrogen (secondary N) is 1. The average Bonchev–Trinajstić information content (AvgIpc) is 2.16. The van der Waals surface area contributed by atoms with E-state index >= 15 is 0 Å². The molecule has 0 aliphatic rings. The molecule has 0 fully saturated rings. The Morgan fingerprint density at radius 1 is 1.50 bits per heavy atom. The summed E-state index contributed by atoms with van der Waals surface area (Å²) in [4.78, 5) is 10.9. The number of hydrogen-bond donors (Lipinski definition) is 3. The standard InChI is InChI=1S/C12H18N2O2/c1-12(2,16)6-7-14-10-5-3-4-9(8-10)11(13)15/h3-5,8,14,16H,6-7H2,1-2H3,(H2,13,15). The van der Waals surface area contributed by atoms with Gasteiger partial charge in [-0.15, -0.1) is 0 Å². The molecule has 4 nitrogen and oxygen atoms in total. The number of primary amides is 1. The normalized spacial score (nSPS) is 11.2. The van der Waals surface area contributed by atoms with Crippen molar-refractivity contribution in [1.82, 2.24) is 0 Å². The number of hydrogen-bond acceptors (Lipinski definition) is 3. The maximum Gasteiger partial charge on any atom is 0.248 e. The van der Waals surface area contributed by atoms with E-state index in [9.17, 15) is 9.90 Å². The second-order valence-electron chi connectivity index (χ2n) is 4.43. The summed E-state index contributed by atoms with van der Waals surface area (Å²) in [6.45, 7) is 4.16. The van der Waals surface area contributed by atoms with E-state index in [1.165, 1.54) is 0 Å². The number of aliphatic hydroxyl groups is 1. The van der Waals surface area contributed by atoms with Crippen LogP contribution in [-0.2, 0) is 0 Å². The predicted molar refractivity (Wildman–Crippen MR) is 64.4 cm³/mol. The number of anilines is 1. The zero-order valence-electron chi connectivity index (χ0n) is 9.66. The van der Waals surface area contributed by atoms with Crippen LogP contribution in [0.5, 0.6) is 0 Å². The topological polar surface area (TPSA) is 75.3 Å². The molecule has 0 aliphatic heterocycles. The van der Waals surface area contributed by atoms with Gasteiger partial charge in [-0.05, 0) is 38.5 Å². The van der Waals surface area contributed by atoms with Crippen molar-refractivity contribution >= 4 is 11.6 Å². The molecule has 16 heavy (non-hydrogen) atoms. The summed E-state index contributed by atoms with van der Waals surface area (Å²) in [6, 6.07) is 7.00. The molecule has 4 N–H and O–H groups in total. The van der Waals surface area contributed by atoms with E-state index in [2.05, 4.69) is 5.32 Å². The van der Waals surface area contributed by atoms with Gasteiger partial charge < -0.3 is 16.2 Å². The number of carbonyl (C=O) groups excluding carboxylic acids is 1. The van der Waals surface area contributed by atoms with E-state index < -0.39 is 11.5 Å². The fourth-order valence-electron chi connectivity index (χ4n) is 1.30. The molecule has 1 aromatic rings. The molecule has 88 valence electrons. The summed E-state index contributed by atoms with van der Waals surface area (Å²) in [6.07, 6.45) is 0.633. The Hall–Kier alpha value is -1.55. The summed E-state index contributed by atoms with van der Waals surface area (Å²) in [5, 5.41) is 12.7. The van der Waals surface area contributed by atoms with Gasteiger partial charge in [-0.2, -0.15) is 0 Å². The van der Waals surface area contributed by atoms with Crippen molar-refractivity contribution in [2.45, 2.75) is 25.9 Å². The van der Waals surface area contributed by atoms with Crippen LogP contribution in [0.3, 0.4) is 0 Å². The molecule has 0 saturated heterocycles. The highest BCUT2D eigenvalue weighted by Crippen LogP contribution is 2.12.